The topological polar surface area (TPSA) is 58.9 Å². The van der Waals surface area contributed by atoms with Crippen molar-refractivity contribution in [3.8, 4) is 90.2 Å². The van der Waals surface area contributed by atoms with E-state index in [0.717, 1.165) is 89.7 Å². The van der Waals surface area contributed by atoms with Gasteiger partial charge in [0, 0.05) is 38.6 Å². The number of halogens is 3. The summed E-state index contributed by atoms with van der Waals surface area (Å²) in [5.41, 5.74) is 13.8. The normalized spacial score (nSPS) is 11.4. The standard InChI is InChI=1S/C62H38F3N5/c1-39-21-23-40(24-22-39)51-35-47(61-68-56(42-13-5-3-6-14-42)37-57(69-61)43-15-7-4-8-16-43)36-52(41-25-29-48(30-26-41)62(63,64)65)60(51)70-58-31-27-44(49-18-10-9-17-46(49)38-66)33-53(58)54-34-45(28-32-59(54)70)50-19-11-12-20-55(50)67-2/h3-37H,1H3. The van der Waals surface area contributed by atoms with Crippen LogP contribution < -0.4 is 0 Å². The Kier molecular flexibility index (Phi) is 10.9. The first-order valence-corrected chi connectivity index (χ1v) is 22.6. The van der Waals surface area contributed by atoms with E-state index in [2.05, 4.69) is 64.0 Å². The number of nitrogens with zero attached hydrogens (tertiary/aromatic N) is 5. The highest BCUT2D eigenvalue weighted by Gasteiger charge is 2.31. The lowest BCUT2D eigenvalue weighted by molar-refractivity contribution is -0.137. The highest BCUT2D eigenvalue weighted by molar-refractivity contribution is 6.13. The maximum absolute atomic E-state index is 14.3. The summed E-state index contributed by atoms with van der Waals surface area (Å²) < 4.78 is 45.0. The van der Waals surface area contributed by atoms with Gasteiger partial charge in [0.2, 0.25) is 0 Å². The Morgan fingerprint density at radius 3 is 1.51 bits per heavy atom. The van der Waals surface area contributed by atoms with E-state index >= 15 is 0 Å². The van der Waals surface area contributed by atoms with E-state index in [9.17, 15) is 18.4 Å². The van der Waals surface area contributed by atoms with Gasteiger partial charge >= 0.3 is 6.18 Å². The van der Waals surface area contributed by atoms with Crippen molar-refractivity contribution >= 4 is 27.5 Å². The number of aryl methyl sites for hydroxylation is 1. The van der Waals surface area contributed by atoms with Crippen LogP contribution in [-0.2, 0) is 6.18 Å². The van der Waals surface area contributed by atoms with Crippen molar-refractivity contribution in [2.24, 2.45) is 0 Å². The summed E-state index contributed by atoms with van der Waals surface area (Å²) in [6.45, 7) is 10.0. The molecular weight excluding hydrogens is 872 g/mol. The molecule has 11 aromatic rings. The third-order valence-electron chi connectivity index (χ3n) is 12.8. The molecule has 0 N–H and O–H groups in total. The first kappa shape index (κ1) is 43.2. The van der Waals surface area contributed by atoms with Crippen molar-refractivity contribution in [1.29, 1.82) is 5.26 Å². The second kappa shape index (κ2) is 17.7. The number of hydrogen-bond acceptors (Lipinski definition) is 3. The zero-order chi connectivity index (χ0) is 47.9. The van der Waals surface area contributed by atoms with Gasteiger partial charge in [0.25, 0.3) is 0 Å². The highest BCUT2D eigenvalue weighted by Crippen LogP contribution is 2.46. The smallest absolute Gasteiger partial charge is 0.308 e. The van der Waals surface area contributed by atoms with Crippen molar-refractivity contribution in [3.05, 3.63) is 240 Å². The average Bonchev–Trinajstić information content (AvgIpc) is 3.73. The number of nitriles is 1. The van der Waals surface area contributed by atoms with Gasteiger partial charge in [0.15, 0.2) is 11.5 Å². The molecule has 0 radical (unpaired) electrons. The Morgan fingerprint density at radius 1 is 0.486 bits per heavy atom. The summed E-state index contributed by atoms with van der Waals surface area (Å²) >= 11 is 0. The maximum atomic E-state index is 14.3. The van der Waals surface area contributed by atoms with Gasteiger partial charge in [-0.25, -0.2) is 14.8 Å². The molecule has 0 spiro atoms. The summed E-state index contributed by atoms with van der Waals surface area (Å²) in [5.74, 6) is 0.444. The van der Waals surface area contributed by atoms with Gasteiger partial charge in [0.1, 0.15) is 0 Å². The molecule has 0 atom stereocenters. The molecule has 0 aliphatic carbocycles. The fourth-order valence-electron chi connectivity index (χ4n) is 9.35. The summed E-state index contributed by atoms with van der Waals surface area (Å²) in [4.78, 5) is 14.3. The molecular formula is C62H38F3N5. The Balaban J connectivity index is 1.27. The quantitative estimate of drug-likeness (QED) is 0.143. The van der Waals surface area contributed by atoms with Crippen LogP contribution in [0.4, 0.5) is 18.9 Å². The molecule has 0 saturated heterocycles. The lowest BCUT2D eigenvalue weighted by atomic mass is 9.91. The number of hydrogen-bond donors (Lipinski definition) is 0. The predicted molar refractivity (Wildman–Crippen MR) is 275 cm³/mol. The third kappa shape index (κ3) is 7.94. The third-order valence-corrected chi connectivity index (χ3v) is 12.8. The molecule has 2 aromatic heterocycles. The molecule has 5 nitrogen and oxygen atoms in total. The Labute approximate surface area is 402 Å². The average molecular weight is 910 g/mol. The molecule has 0 unspecified atom stereocenters. The molecule has 0 saturated carbocycles. The molecule has 0 amide bonds. The van der Waals surface area contributed by atoms with Crippen LogP contribution in [0.3, 0.4) is 0 Å². The van der Waals surface area contributed by atoms with Gasteiger partial charge in [-0.15, -0.1) is 0 Å². The van der Waals surface area contributed by atoms with E-state index in [1.807, 2.05) is 134 Å². The molecule has 2 heterocycles. The van der Waals surface area contributed by atoms with Gasteiger partial charge in [-0.1, -0.05) is 157 Å². The molecule has 0 aliphatic rings. The van der Waals surface area contributed by atoms with Crippen LogP contribution in [0.5, 0.6) is 0 Å². The minimum Gasteiger partial charge on any atom is -0.308 e. The van der Waals surface area contributed by atoms with E-state index < -0.39 is 11.7 Å². The van der Waals surface area contributed by atoms with Crippen molar-refractivity contribution in [2.45, 2.75) is 13.1 Å². The van der Waals surface area contributed by atoms with Crippen LogP contribution in [0.1, 0.15) is 16.7 Å². The van der Waals surface area contributed by atoms with Crippen LogP contribution in [0, 0.1) is 24.8 Å². The highest BCUT2D eigenvalue weighted by atomic mass is 19.4. The van der Waals surface area contributed by atoms with E-state index in [-0.39, 0.29) is 0 Å². The van der Waals surface area contributed by atoms with E-state index in [4.69, 9.17) is 16.5 Å². The van der Waals surface area contributed by atoms with Gasteiger partial charge < -0.3 is 4.57 Å². The molecule has 0 aliphatic heterocycles. The number of alkyl halides is 3. The van der Waals surface area contributed by atoms with Crippen LogP contribution in [0.25, 0.3) is 111 Å². The van der Waals surface area contributed by atoms with Gasteiger partial charge in [0.05, 0.1) is 51.9 Å². The largest absolute Gasteiger partial charge is 0.416 e. The number of aromatic nitrogens is 3. The van der Waals surface area contributed by atoms with E-state index in [0.29, 0.717) is 45.2 Å². The van der Waals surface area contributed by atoms with Crippen molar-refractivity contribution in [2.75, 3.05) is 0 Å². The summed E-state index contributed by atoms with van der Waals surface area (Å²) in [5, 5.41) is 11.9. The molecule has 0 bridgehead atoms. The minimum absolute atomic E-state index is 0.444. The maximum Gasteiger partial charge on any atom is 0.416 e. The Bertz CT molecular complexity index is 3710. The van der Waals surface area contributed by atoms with Gasteiger partial charge in [-0.3, -0.25) is 0 Å². The molecule has 11 rings (SSSR count). The van der Waals surface area contributed by atoms with Gasteiger partial charge in [-0.2, -0.15) is 18.4 Å². The molecule has 9 aromatic carbocycles. The van der Waals surface area contributed by atoms with E-state index in [1.54, 1.807) is 12.1 Å². The number of benzene rings is 9. The molecule has 70 heavy (non-hydrogen) atoms. The summed E-state index contributed by atoms with van der Waals surface area (Å²) in [6, 6.07) is 69.1. The van der Waals surface area contributed by atoms with Crippen molar-refractivity contribution in [1.82, 2.24) is 14.5 Å². The fourth-order valence-corrected chi connectivity index (χ4v) is 9.35. The van der Waals surface area contributed by atoms with Crippen LogP contribution in [0.15, 0.2) is 212 Å². The predicted octanol–water partition coefficient (Wildman–Crippen LogP) is 17.0. The molecule has 0 fully saturated rings. The lowest BCUT2D eigenvalue weighted by Crippen LogP contribution is -2.05. The first-order valence-electron chi connectivity index (χ1n) is 22.6. The monoisotopic (exact) mass is 909 g/mol. The first-order chi connectivity index (χ1) is 34.1. The number of para-hydroxylation sites is 1. The van der Waals surface area contributed by atoms with Crippen molar-refractivity contribution < 1.29 is 13.2 Å². The van der Waals surface area contributed by atoms with Crippen LogP contribution in [0.2, 0.25) is 0 Å². The molecule has 332 valence electrons. The van der Waals surface area contributed by atoms with E-state index in [1.165, 1.54) is 12.1 Å². The van der Waals surface area contributed by atoms with Crippen LogP contribution >= 0.6 is 0 Å². The van der Waals surface area contributed by atoms with Crippen LogP contribution in [-0.4, -0.2) is 14.5 Å². The zero-order valence-corrected chi connectivity index (χ0v) is 37.6. The summed E-state index contributed by atoms with van der Waals surface area (Å²) in [7, 11) is 0. The van der Waals surface area contributed by atoms with Crippen molar-refractivity contribution in [3.63, 3.8) is 0 Å². The zero-order valence-electron chi connectivity index (χ0n) is 37.6. The minimum atomic E-state index is -4.55. The number of fused-ring (bicyclic) bond motifs is 3. The second-order valence-corrected chi connectivity index (χ2v) is 17.1. The Hall–Kier alpha value is -9.37. The second-order valence-electron chi connectivity index (χ2n) is 17.1. The molecule has 8 heteroatoms. The lowest BCUT2D eigenvalue weighted by Gasteiger charge is -2.22. The Morgan fingerprint density at radius 2 is 0.971 bits per heavy atom. The fraction of sp³-hybridized carbons (Fsp3) is 0.0323. The SMILES string of the molecule is [C-]#[N+]c1ccccc1-c1ccc2c(c1)c1cc(-c3ccccc3C#N)ccc1n2-c1c(-c2ccc(C)cc2)cc(-c2nc(-c3ccccc3)cc(-c3ccccc3)n2)cc1-c1ccc(C(F)(F)F)cc1. The summed E-state index contributed by atoms with van der Waals surface area (Å²) in [6.07, 6.45) is -4.55. The number of rotatable bonds is 8. The van der Waals surface area contributed by atoms with Gasteiger partial charge in [-0.05, 0) is 101 Å².